The van der Waals surface area contributed by atoms with Crippen LogP contribution in [0.3, 0.4) is 0 Å². The van der Waals surface area contributed by atoms with Crippen LogP contribution < -0.4 is 0 Å². The van der Waals surface area contributed by atoms with Crippen molar-refractivity contribution in [2.75, 3.05) is 34.3 Å². The zero-order chi connectivity index (χ0) is 22.6. The molecule has 1 aromatic rings. The maximum atomic E-state index is 13.1. The highest BCUT2D eigenvalue weighted by molar-refractivity contribution is 7.89. The van der Waals surface area contributed by atoms with Gasteiger partial charge in [-0.2, -0.15) is 4.31 Å². The molecule has 2 aliphatic rings. The van der Waals surface area contributed by atoms with Gasteiger partial charge in [-0.1, -0.05) is 11.6 Å². The van der Waals surface area contributed by atoms with E-state index in [1.807, 2.05) is 14.1 Å². The summed E-state index contributed by atoms with van der Waals surface area (Å²) in [5.41, 5.74) is -0.207. The van der Waals surface area contributed by atoms with Crippen LogP contribution in [0.25, 0.3) is 0 Å². The Hall–Kier alpha value is -1.72. The molecule has 3 rings (SSSR count). The van der Waals surface area contributed by atoms with Crippen LogP contribution in [0.15, 0.2) is 23.1 Å². The lowest BCUT2D eigenvalue weighted by molar-refractivity contribution is -0.122. The van der Waals surface area contributed by atoms with E-state index in [0.29, 0.717) is 13.1 Å². The molecule has 11 heteroatoms. The molecule has 1 heterocycles. The van der Waals surface area contributed by atoms with Crippen LogP contribution in [0.4, 0.5) is 0 Å². The minimum absolute atomic E-state index is 0.0216. The molecule has 0 aromatic heterocycles. The lowest BCUT2D eigenvalue weighted by Crippen LogP contribution is -2.47. The molecular weight excluding hydrogens is 436 g/mol. The number of carboxylic acid groups (broad SMARTS) is 2. The van der Waals surface area contributed by atoms with Crippen molar-refractivity contribution in [2.45, 2.75) is 29.9 Å². The van der Waals surface area contributed by atoms with E-state index in [1.165, 1.54) is 16.4 Å². The van der Waals surface area contributed by atoms with Crippen LogP contribution in [0, 0.1) is 11.8 Å². The van der Waals surface area contributed by atoms with E-state index in [9.17, 15) is 18.3 Å². The molecule has 1 aliphatic heterocycles. The lowest BCUT2D eigenvalue weighted by atomic mass is 9.77. The highest BCUT2D eigenvalue weighted by Gasteiger charge is 2.46. The third-order valence-corrected chi connectivity index (χ3v) is 7.98. The van der Waals surface area contributed by atoms with E-state index in [0.717, 1.165) is 18.9 Å². The molecule has 1 aliphatic carbocycles. The minimum atomic E-state index is -3.77. The van der Waals surface area contributed by atoms with Gasteiger partial charge in [0.2, 0.25) is 10.0 Å². The second-order valence-corrected chi connectivity index (χ2v) is 10.0. The average molecular weight is 463 g/mol. The van der Waals surface area contributed by atoms with Gasteiger partial charge >= 0.3 is 5.97 Å². The van der Waals surface area contributed by atoms with Crippen LogP contribution in [-0.2, 0) is 19.6 Å². The molecule has 4 atom stereocenters. The summed E-state index contributed by atoms with van der Waals surface area (Å²) in [4.78, 5) is 21.8. The van der Waals surface area contributed by atoms with Gasteiger partial charge in [-0.05, 0) is 57.0 Å². The number of halogens is 1. The molecule has 1 saturated heterocycles. The Morgan fingerprint density at radius 2 is 1.83 bits per heavy atom. The van der Waals surface area contributed by atoms with Crippen molar-refractivity contribution >= 4 is 34.1 Å². The first-order valence-corrected chi connectivity index (χ1v) is 11.2. The zero-order valence-corrected chi connectivity index (χ0v) is 18.6. The highest BCUT2D eigenvalue weighted by Crippen LogP contribution is 2.40. The second-order valence-electron chi connectivity index (χ2n) is 7.67. The van der Waals surface area contributed by atoms with Gasteiger partial charge in [0.15, 0.2) is 0 Å². The third-order valence-electron chi connectivity index (χ3n) is 5.82. The van der Waals surface area contributed by atoms with Crippen LogP contribution in [0.5, 0.6) is 0 Å². The number of aromatic carboxylic acids is 1. The summed E-state index contributed by atoms with van der Waals surface area (Å²) in [5.74, 6) is -0.735. The molecule has 2 N–H and O–H groups in total. The fourth-order valence-corrected chi connectivity index (χ4v) is 6.10. The number of hydrogen-bond donors (Lipinski definition) is 2. The molecule has 0 spiro atoms. The monoisotopic (exact) mass is 462 g/mol. The van der Waals surface area contributed by atoms with Crippen molar-refractivity contribution in [2.24, 2.45) is 11.8 Å². The summed E-state index contributed by atoms with van der Waals surface area (Å²) < 4.78 is 33.3. The van der Waals surface area contributed by atoms with Crippen LogP contribution in [0.2, 0.25) is 5.02 Å². The number of rotatable bonds is 5. The van der Waals surface area contributed by atoms with Gasteiger partial charge in [0.1, 0.15) is 0 Å². The highest BCUT2D eigenvalue weighted by atomic mass is 35.5. The Morgan fingerprint density at radius 1 is 1.27 bits per heavy atom. The average Bonchev–Trinajstić information content (AvgIpc) is 3.11. The van der Waals surface area contributed by atoms with Gasteiger partial charge < -0.3 is 19.8 Å². The fourth-order valence-electron chi connectivity index (χ4n) is 4.32. The first-order chi connectivity index (χ1) is 14.1. The van der Waals surface area contributed by atoms with Crippen molar-refractivity contribution in [1.29, 1.82) is 0 Å². The topological polar surface area (TPSA) is 124 Å². The van der Waals surface area contributed by atoms with Crippen LogP contribution >= 0.6 is 11.6 Å². The quantitative estimate of drug-likeness (QED) is 0.633. The summed E-state index contributed by atoms with van der Waals surface area (Å²) in [7, 11) is 1.96. The van der Waals surface area contributed by atoms with E-state index in [-0.39, 0.29) is 45.9 Å². The van der Waals surface area contributed by atoms with Gasteiger partial charge in [0.05, 0.1) is 21.6 Å². The Kier molecular flexibility index (Phi) is 8.23. The zero-order valence-electron chi connectivity index (χ0n) is 17.1. The smallest absolute Gasteiger partial charge is 0.337 e. The molecule has 0 radical (unpaired) electrons. The number of hydrogen-bond acceptors (Lipinski definition) is 6. The molecule has 9 nitrogen and oxygen atoms in total. The lowest BCUT2D eigenvalue weighted by Gasteiger charge is -2.40. The van der Waals surface area contributed by atoms with E-state index in [1.54, 1.807) is 7.11 Å². The molecule has 30 heavy (non-hydrogen) atoms. The van der Waals surface area contributed by atoms with Crippen molar-refractivity contribution in [3.63, 3.8) is 0 Å². The number of ether oxygens (including phenoxy) is 1. The molecule has 2 fully saturated rings. The minimum Gasteiger partial charge on any atom is -0.483 e. The number of benzene rings is 1. The maximum Gasteiger partial charge on any atom is 0.337 e. The molecule has 168 valence electrons. The summed E-state index contributed by atoms with van der Waals surface area (Å²) in [6.45, 7) is 0.622. The third kappa shape index (κ3) is 5.12. The van der Waals surface area contributed by atoms with E-state index >= 15 is 0 Å². The predicted molar refractivity (Wildman–Crippen MR) is 110 cm³/mol. The summed E-state index contributed by atoms with van der Waals surface area (Å²) in [5, 5.41) is 16.1. The molecule has 1 saturated carbocycles. The van der Waals surface area contributed by atoms with Gasteiger partial charge in [-0.15, -0.1) is 0 Å². The van der Waals surface area contributed by atoms with Gasteiger partial charge in [0, 0.05) is 26.2 Å². The number of carboxylic acids is 1. The fraction of sp³-hybridized carbons (Fsp3) is 0.579. The molecular formula is C19H27ClN2O7S. The largest absolute Gasteiger partial charge is 0.483 e. The van der Waals surface area contributed by atoms with Gasteiger partial charge in [-0.3, -0.25) is 4.79 Å². The van der Waals surface area contributed by atoms with E-state index in [2.05, 4.69) is 4.90 Å². The summed E-state index contributed by atoms with van der Waals surface area (Å²) in [6, 6.07) is 4.09. The number of nitrogens with zero attached hydrogens (tertiary/aromatic N) is 2. The number of carbonyl (C=O) groups is 2. The van der Waals surface area contributed by atoms with Crippen LogP contribution in [0.1, 0.15) is 23.2 Å². The SMILES string of the molecule is CO[C@@H]1C[C@H]2CN(S(=O)(=O)c3ccc(Cl)c(C(=O)O)c3)C[C@H]2C[C@H]1N(C)C.O=CO. The van der Waals surface area contributed by atoms with Gasteiger partial charge in [0.25, 0.3) is 6.47 Å². The molecule has 0 unspecified atom stereocenters. The standard InChI is InChI=1S/C18H25ClN2O5S.CH2O2/c1-20(2)16-6-11-9-21(10-12(11)7-17(16)26-3)27(24,25)13-4-5-15(19)14(8-13)18(22)23;2-1-3/h4-5,8,11-12,16-17H,6-7,9-10H2,1-3H3,(H,22,23);1H,(H,2,3)/t11-,12+,16-,17-;/m1./s1. The van der Waals surface area contributed by atoms with Crippen molar-refractivity contribution < 1.29 is 33.0 Å². The summed E-state index contributed by atoms with van der Waals surface area (Å²) in [6.07, 6.45) is 1.78. The first kappa shape index (κ1) is 24.5. The van der Waals surface area contributed by atoms with Gasteiger partial charge in [-0.25, -0.2) is 13.2 Å². The van der Waals surface area contributed by atoms with Crippen molar-refractivity contribution in [3.05, 3.63) is 28.8 Å². The number of likely N-dealkylation sites (N-methyl/N-ethyl adjacent to an activating group) is 1. The Balaban J connectivity index is 0.00000101. The van der Waals surface area contributed by atoms with Crippen molar-refractivity contribution in [3.8, 4) is 0 Å². The molecule has 0 bridgehead atoms. The number of sulfonamides is 1. The van der Waals surface area contributed by atoms with E-state index < -0.39 is 16.0 Å². The maximum absolute atomic E-state index is 13.1. The Bertz CT molecular complexity index is 878. The predicted octanol–water partition coefficient (Wildman–Crippen LogP) is 1.71. The van der Waals surface area contributed by atoms with Crippen molar-refractivity contribution in [1.82, 2.24) is 9.21 Å². The molecule has 1 aromatic carbocycles. The van der Waals surface area contributed by atoms with Crippen LogP contribution in [-0.4, -0.2) is 86.7 Å². The number of fused-ring (bicyclic) bond motifs is 1. The van der Waals surface area contributed by atoms with E-state index in [4.69, 9.17) is 26.2 Å². The normalized spacial score (nSPS) is 26.6. The Morgan fingerprint density at radius 3 is 2.33 bits per heavy atom. The molecule has 0 amide bonds. The second kappa shape index (κ2) is 10.1. The first-order valence-electron chi connectivity index (χ1n) is 9.36. The Labute approximate surface area is 181 Å². The number of methoxy groups -OCH3 is 1. The summed E-state index contributed by atoms with van der Waals surface area (Å²) >= 11 is 5.87.